The van der Waals surface area contributed by atoms with Gasteiger partial charge in [0.25, 0.3) is 5.56 Å². The fourth-order valence-electron chi connectivity index (χ4n) is 5.03. The van der Waals surface area contributed by atoms with E-state index in [1.165, 1.54) is 22.9 Å². The van der Waals surface area contributed by atoms with Crippen LogP contribution in [0.4, 0.5) is 14.9 Å². The van der Waals surface area contributed by atoms with Crippen LogP contribution in [0.5, 0.6) is 0 Å². The Kier molecular flexibility index (Phi) is 8.11. The summed E-state index contributed by atoms with van der Waals surface area (Å²) >= 11 is 0. The average Bonchev–Trinajstić information content (AvgIpc) is 3.46. The Labute approximate surface area is 247 Å². The number of carbonyl (C=O) groups is 2. The molecule has 0 fully saturated rings. The normalized spacial score (nSPS) is 12.2. The molecular formula is C33H32FN5O4. The second-order valence-corrected chi connectivity index (χ2v) is 11.2. The molecule has 0 radical (unpaired) electrons. The topological polar surface area (TPSA) is 118 Å². The molecule has 3 N–H and O–H groups in total. The van der Waals surface area contributed by atoms with Crippen LogP contribution in [0.3, 0.4) is 0 Å². The molecule has 43 heavy (non-hydrogen) atoms. The van der Waals surface area contributed by atoms with Crippen LogP contribution in [0.25, 0.3) is 22.0 Å². The first kappa shape index (κ1) is 29.2. The lowest BCUT2D eigenvalue weighted by Gasteiger charge is -2.29. The van der Waals surface area contributed by atoms with E-state index in [0.29, 0.717) is 10.9 Å². The highest BCUT2D eigenvalue weighted by molar-refractivity contribution is 5.98. The summed E-state index contributed by atoms with van der Waals surface area (Å²) in [7, 11) is 1.58. The second-order valence-electron chi connectivity index (χ2n) is 11.2. The highest BCUT2D eigenvalue weighted by Gasteiger charge is 2.34. The summed E-state index contributed by atoms with van der Waals surface area (Å²) in [6.07, 6.45) is 2.26. The van der Waals surface area contributed by atoms with Crippen molar-refractivity contribution in [2.24, 2.45) is 7.05 Å². The van der Waals surface area contributed by atoms with E-state index < -0.39 is 35.4 Å². The first-order valence-corrected chi connectivity index (χ1v) is 13.7. The van der Waals surface area contributed by atoms with E-state index in [9.17, 15) is 14.4 Å². The highest BCUT2D eigenvalue weighted by atomic mass is 19.1. The molecule has 0 unspecified atom stereocenters. The monoisotopic (exact) mass is 581 g/mol. The number of hydrogen-bond donors (Lipinski definition) is 3. The smallest absolute Gasteiger partial charge is 0.408 e. The quantitative estimate of drug-likeness (QED) is 0.227. The van der Waals surface area contributed by atoms with Gasteiger partial charge in [-0.1, -0.05) is 60.7 Å². The van der Waals surface area contributed by atoms with Crippen LogP contribution in [0.2, 0.25) is 0 Å². The van der Waals surface area contributed by atoms with E-state index in [2.05, 4.69) is 20.8 Å². The van der Waals surface area contributed by atoms with Gasteiger partial charge in [-0.05, 0) is 50.1 Å². The van der Waals surface area contributed by atoms with E-state index in [-0.39, 0.29) is 22.3 Å². The SMILES string of the molecule is Cn1cc(-c2ccc(NC(=O)[C@@H](NC(=O)OC(C)(C)C)C(c3ccccc3)c3ccccc3)cc2F)c2cn[nH]c2c1=O. The number of amides is 2. The van der Waals surface area contributed by atoms with Gasteiger partial charge >= 0.3 is 6.09 Å². The fraction of sp³-hybridized carbons (Fsp3) is 0.212. The van der Waals surface area contributed by atoms with E-state index in [4.69, 9.17) is 4.74 Å². The predicted molar refractivity (Wildman–Crippen MR) is 163 cm³/mol. The number of hydrogen-bond acceptors (Lipinski definition) is 5. The molecule has 5 rings (SSSR count). The molecule has 10 heteroatoms. The van der Waals surface area contributed by atoms with E-state index in [1.54, 1.807) is 40.1 Å². The van der Waals surface area contributed by atoms with Crippen molar-refractivity contribution in [1.29, 1.82) is 0 Å². The highest BCUT2D eigenvalue weighted by Crippen LogP contribution is 2.32. The number of carbonyl (C=O) groups excluding carboxylic acids is 2. The number of ether oxygens (including phenoxy) is 1. The van der Waals surface area contributed by atoms with Crippen molar-refractivity contribution in [2.45, 2.75) is 38.3 Å². The standard InChI is InChI=1S/C33H32FN5O4/c1-33(2,3)43-32(42)37-29(27(20-11-7-5-8-12-20)21-13-9-6-10-14-21)30(40)36-22-15-16-23(26(34)17-22)25-19-39(4)31(41)28-24(25)18-35-38-28/h5-19,27,29H,1-4H3,(H,35,38)(H,36,40)(H,37,42)/t29-/m0/s1. The summed E-state index contributed by atoms with van der Waals surface area (Å²) in [6, 6.07) is 21.9. The fourth-order valence-corrected chi connectivity index (χ4v) is 5.03. The summed E-state index contributed by atoms with van der Waals surface area (Å²) in [5.41, 5.74) is 1.68. The van der Waals surface area contributed by atoms with Gasteiger partial charge in [0, 0.05) is 41.4 Å². The van der Waals surface area contributed by atoms with Crippen LogP contribution < -0.4 is 16.2 Å². The third-order valence-corrected chi connectivity index (χ3v) is 6.92. The van der Waals surface area contributed by atoms with Crippen molar-refractivity contribution < 1.29 is 18.7 Å². The van der Waals surface area contributed by atoms with E-state index in [1.807, 2.05) is 60.7 Å². The summed E-state index contributed by atoms with van der Waals surface area (Å²) in [5.74, 6) is -1.76. The molecule has 2 amide bonds. The van der Waals surface area contributed by atoms with Gasteiger partial charge in [-0.15, -0.1) is 0 Å². The molecule has 3 aromatic carbocycles. The van der Waals surface area contributed by atoms with Crippen molar-refractivity contribution in [1.82, 2.24) is 20.1 Å². The van der Waals surface area contributed by atoms with Crippen molar-refractivity contribution in [3.8, 4) is 11.1 Å². The largest absolute Gasteiger partial charge is 0.444 e. The van der Waals surface area contributed by atoms with Crippen molar-refractivity contribution in [2.75, 3.05) is 5.32 Å². The van der Waals surface area contributed by atoms with Gasteiger partial charge in [-0.2, -0.15) is 5.10 Å². The van der Waals surface area contributed by atoms with Gasteiger partial charge in [0.15, 0.2) is 0 Å². The zero-order valence-electron chi connectivity index (χ0n) is 24.2. The molecule has 5 aromatic rings. The van der Waals surface area contributed by atoms with Gasteiger partial charge in [-0.25, -0.2) is 9.18 Å². The molecular weight excluding hydrogens is 549 g/mol. The molecule has 0 spiro atoms. The van der Waals surface area contributed by atoms with Gasteiger partial charge in [0.1, 0.15) is 23.0 Å². The number of nitrogens with one attached hydrogen (secondary N) is 3. The predicted octanol–water partition coefficient (Wildman–Crippen LogP) is 5.73. The molecule has 1 atom stereocenters. The number of halogens is 1. The molecule has 0 bridgehead atoms. The minimum absolute atomic E-state index is 0.190. The third kappa shape index (κ3) is 6.48. The number of anilines is 1. The van der Waals surface area contributed by atoms with Gasteiger partial charge in [0.2, 0.25) is 5.91 Å². The van der Waals surface area contributed by atoms with Crippen molar-refractivity contribution in [3.63, 3.8) is 0 Å². The number of alkyl carbamates (subject to hydrolysis) is 1. The molecule has 2 heterocycles. The van der Waals surface area contributed by atoms with E-state index in [0.717, 1.165) is 11.1 Å². The van der Waals surface area contributed by atoms with Crippen LogP contribution in [0.1, 0.15) is 37.8 Å². The maximum absolute atomic E-state index is 15.6. The Morgan fingerprint density at radius 1 is 0.953 bits per heavy atom. The lowest BCUT2D eigenvalue weighted by Crippen LogP contribution is -2.49. The molecule has 220 valence electrons. The maximum atomic E-state index is 15.6. The Morgan fingerprint density at radius 3 is 2.16 bits per heavy atom. The van der Waals surface area contributed by atoms with Crippen LogP contribution in [-0.2, 0) is 16.6 Å². The summed E-state index contributed by atoms with van der Waals surface area (Å²) in [4.78, 5) is 39.3. The number of rotatable bonds is 7. The number of H-pyrrole nitrogens is 1. The van der Waals surface area contributed by atoms with Crippen molar-refractivity contribution >= 4 is 28.6 Å². The van der Waals surface area contributed by atoms with Gasteiger partial charge < -0.3 is 19.9 Å². The molecule has 0 aliphatic carbocycles. The summed E-state index contributed by atoms with van der Waals surface area (Å²) in [6.45, 7) is 5.21. The zero-order valence-corrected chi connectivity index (χ0v) is 24.2. The van der Waals surface area contributed by atoms with Crippen LogP contribution in [0.15, 0.2) is 96.1 Å². The second kappa shape index (κ2) is 11.9. The first-order chi connectivity index (χ1) is 20.5. The number of pyridine rings is 1. The molecule has 0 aliphatic heterocycles. The van der Waals surface area contributed by atoms with Crippen molar-refractivity contribution in [3.05, 3.63) is 119 Å². The molecule has 0 saturated heterocycles. The number of fused-ring (bicyclic) bond motifs is 1. The Balaban J connectivity index is 1.50. The zero-order chi connectivity index (χ0) is 30.7. The van der Waals surface area contributed by atoms with Gasteiger partial charge in [-0.3, -0.25) is 14.7 Å². The number of benzene rings is 3. The molecule has 2 aromatic heterocycles. The number of nitrogens with zero attached hydrogens (tertiary/aromatic N) is 2. The first-order valence-electron chi connectivity index (χ1n) is 13.7. The Bertz CT molecular complexity index is 1790. The third-order valence-electron chi connectivity index (χ3n) is 6.92. The molecule has 0 aliphatic rings. The molecule has 0 saturated carbocycles. The Morgan fingerprint density at radius 2 is 1.58 bits per heavy atom. The maximum Gasteiger partial charge on any atom is 0.408 e. The summed E-state index contributed by atoms with van der Waals surface area (Å²) in [5, 5.41) is 12.6. The minimum Gasteiger partial charge on any atom is -0.444 e. The number of aryl methyl sites for hydroxylation is 1. The molecule has 9 nitrogen and oxygen atoms in total. The summed E-state index contributed by atoms with van der Waals surface area (Å²) < 4.78 is 22.4. The number of aromatic amines is 1. The van der Waals surface area contributed by atoms with Crippen LogP contribution in [0, 0.1) is 5.82 Å². The van der Waals surface area contributed by atoms with E-state index >= 15 is 4.39 Å². The van der Waals surface area contributed by atoms with Crippen LogP contribution in [-0.4, -0.2) is 38.4 Å². The lowest BCUT2D eigenvalue weighted by atomic mass is 9.84. The average molecular weight is 582 g/mol. The van der Waals surface area contributed by atoms with Gasteiger partial charge in [0.05, 0.1) is 6.20 Å². The Hall–Kier alpha value is -5.25. The lowest BCUT2D eigenvalue weighted by molar-refractivity contribution is -0.118. The van der Waals surface area contributed by atoms with Crippen LogP contribution >= 0.6 is 0 Å². The minimum atomic E-state index is -1.11. The number of aromatic nitrogens is 3.